The molecule has 1 atom stereocenters. The summed E-state index contributed by atoms with van der Waals surface area (Å²) in [4.78, 5) is 12.7. The van der Waals surface area contributed by atoms with Gasteiger partial charge in [0, 0.05) is 47.4 Å². The monoisotopic (exact) mass is 305 g/mol. The first-order chi connectivity index (χ1) is 9.86. The van der Waals surface area contributed by atoms with Crippen molar-refractivity contribution < 1.29 is 0 Å². The van der Waals surface area contributed by atoms with Crippen LogP contribution in [0, 0.1) is 0 Å². The smallest absolute Gasteiger partial charge is 0.125 e. The highest BCUT2D eigenvalue weighted by Crippen LogP contribution is 2.28. The quantitative estimate of drug-likeness (QED) is 0.845. The number of aromatic nitrogens is 2. The van der Waals surface area contributed by atoms with Gasteiger partial charge in [-0.2, -0.15) is 11.8 Å². The van der Waals surface area contributed by atoms with Crippen molar-refractivity contribution in [2.24, 2.45) is 0 Å². The van der Waals surface area contributed by atoms with Crippen molar-refractivity contribution >= 4 is 23.1 Å². The van der Waals surface area contributed by atoms with Gasteiger partial charge >= 0.3 is 0 Å². The van der Waals surface area contributed by atoms with Crippen LogP contribution >= 0.6 is 23.1 Å². The zero-order valence-corrected chi connectivity index (χ0v) is 13.3. The van der Waals surface area contributed by atoms with E-state index in [4.69, 9.17) is 0 Å². The van der Waals surface area contributed by atoms with E-state index in [1.807, 2.05) is 30.2 Å². The molecule has 2 aromatic heterocycles. The molecule has 3 nitrogen and oxygen atoms in total. The number of pyridine rings is 1. The molecule has 0 aromatic carbocycles. The van der Waals surface area contributed by atoms with Gasteiger partial charge < -0.3 is 0 Å². The van der Waals surface area contributed by atoms with E-state index in [0.29, 0.717) is 0 Å². The van der Waals surface area contributed by atoms with Crippen LogP contribution in [0.25, 0.3) is 10.6 Å². The van der Waals surface area contributed by atoms with E-state index in [-0.39, 0.29) is 0 Å². The summed E-state index contributed by atoms with van der Waals surface area (Å²) in [6.07, 6.45) is 10.6. The van der Waals surface area contributed by atoms with E-state index in [0.717, 1.165) is 23.2 Å². The van der Waals surface area contributed by atoms with Crippen LogP contribution in [-0.2, 0) is 6.54 Å². The summed E-state index contributed by atoms with van der Waals surface area (Å²) < 4.78 is 0. The predicted octanol–water partition coefficient (Wildman–Crippen LogP) is 3.53. The van der Waals surface area contributed by atoms with Crippen molar-refractivity contribution in [3.05, 3.63) is 35.6 Å². The third kappa shape index (κ3) is 3.22. The van der Waals surface area contributed by atoms with Gasteiger partial charge in [-0.15, -0.1) is 11.3 Å². The largest absolute Gasteiger partial charge is 0.294 e. The van der Waals surface area contributed by atoms with Crippen LogP contribution in [0.1, 0.15) is 17.7 Å². The van der Waals surface area contributed by atoms with Crippen LogP contribution in [0.3, 0.4) is 0 Å². The summed E-state index contributed by atoms with van der Waals surface area (Å²) in [5.74, 6) is 1.24. The summed E-state index contributed by atoms with van der Waals surface area (Å²) in [6.45, 7) is 2.27. The number of hydrogen-bond donors (Lipinski definition) is 0. The SMILES string of the molecule is CSC[C@H]1CCCN1Cc1cnc(-c2cccnc2)s1. The maximum absolute atomic E-state index is 4.55. The maximum Gasteiger partial charge on any atom is 0.125 e. The second-order valence-electron chi connectivity index (χ2n) is 5.10. The van der Waals surface area contributed by atoms with Crippen LogP contribution in [0.4, 0.5) is 0 Å². The molecule has 1 fully saturated rings. The molecule has 0 bridgehead atoms. The summed E-state index contributed by atoms with van der Waals surface area (Å²) in [5, 5.41) is 1.08. The molecule has 0 N–H and O–H groups in total. The molecule has 106 valence electrons. The normalized spacial score (nSPS) is 19.6. The van der Waals surface area contributed by atoms with Gasteiger partial charge in [-0.1, -0.05) is 0 Å². The molecule has 1 saturated heterocycles. The first kappa shape index (κ1) is 14.0. The van der Waals surface area contributed by atoms with Crippen molar-refractivity contribution in [3.63, 3.8) is 0 Å². The minimum atomic E-state index is 0.744. The van der Waals surface area contributed by atoms with Gasteiger partial charge in [0.25, 0.3) is 0 Å². The minimum absolute atomic E-state index is 0.744. The molecular formula is C15H19N3S2. The molecule has 0 unspecified atom stereocenters. The Balaban J connectivity index is 1.68. The van der Waals surface area contributed by atoms with E-state index in [1.54, 1.807) is 17.5 Å². The standard InChI is InChI=1S/C15H19N3S2/c1-19-11-13-5-3-7-18(13)10-14-9-17-15(20-14)12-4-2-6-16-8-12/h2,4,6,8-9,13H,3,5,7,10-11H2,1H3/t13-/m1/s1. The first-order valence-corrected chi connectivity index (χ1v) is 9.16. The topological polar surface area (TPSA) is 29.0 Å². The molecule has 3 rings (SSSR count). The number of thioether (sulfide) groups is 1. The van der Waals surface area contributed by atoms with Crippen molar-refractivity contribution in [3.8, 4) is 10.6 Å². The summed E-state index contributed by atoms with van der Waals surface area (Å²) in [7, 11) is 0. The van der Waals surface area contributed by atoms with Crippen molar-refractivity contribution in [2.75, 3.05) is 18.6 Å². The molecule has 0 amide bonds. The second kappa shape index (κ2) is 6.70. The van der Waals surface area contributed by atoms with Gasteiger partial charge in [0.1, 0.15) is 5.01 Å². The summed E-state index contributed by atoms with van der Waals surface area (Å²) >= 11 is 3.75. The van der Waals surface area contributed by atoms with Crippen LogP contribution in [0.15, 0.2) is 30.7 Å². The van der Waals surface area contributed by atoms with Gasteiger partial charge in [0.2, 0.25) is 0 Å². The van der Waals surface area contributed by atoms with Crippen molar-refractivity contribution in [1.29, 1.82) is 0 Å². The number of thiazole rings is 1. The molecule has 0 aliphatic carbocycles. The Bertz CT molecular complexity index is 541. The lowest BCUT2D eigenvalue weighted by molar-refractivity contribution is 0.266. The van der Waals surface area contributed by atoms with Crippen molar-refractivity contribution in [2.45, 2.75) is 25.4 Å². The van der Waals surface area contributed by atoms with E-state index in [1.165, 1.54) is 30.0 Å². The van der Waals surface area contributed by atoms with Gasteiger partial charge in [0.05, 0.1) is 0 Å². The average molecular weight is 305 g/mol. The predicted molar refractivity (Wildman–Crippen MR) is 87.2 cm³/mol. The van der Waals surface area contributed by atoms with Crippen molar-refractivity contribution in [1.82, 2.24) is 14.9 Å². The average Bonchev–Trinajstić information content (AvgIpc) is 3.11. The Morgan fingerprint density at radius 3 is 3.20 bits per heavy atom. The van der Waals surface area contributed by atoms with E-state index in [2.05, 4.69) is 27.2 Å². The van der Waals surface area contributed by atoms with Gasteiger partial charge in [-0.05, 0) is 37.8 Å². The summed E-state index contributed by atoms with van der Waals surface area (Å²) in [6, 6.07) is 4.78. The van der Waals surface area contributed by atoms with Gasteiger partial charge in [-0.3, -0.25) is 9.88 Å². The number of rotatable bonds is 5. The maximum atomic E-state index is 4.55. The molecule has 0 saturated carbocycles. The Morgan fingerprint density at radius 1 is 1.45 bits per heavy atom. The Kier molecular flexibility index (Phi) is 4.70. The highest BCUT2D eigenvalue weighted by molar-refractivity contribution is 7.98. The van der Waals surface area contributed by atoms with Gasteiger partial charge in [0.15, 0.2) is 0 Å². The fourth-order valence-electron chi connectivity index (χ4n) is 2.69. The molecule has 5 heteroatoms. The molecule has 1 aliphatic heterocycles. The summed E-state index contributed by atoms with van der Waals surface area (Å²) in [5.41, 5.74) is 1.12. The fraction of sp³-hybridized carbons (Fsp3) is 0.467. The molecular weight excluding hydrogens is 286 g/mol. The van der Waals surface area contributed by atoms with E-state index >= 15 is 0 Å². The number of nitrogens with zero attached hydrogens (tertiary/aromatic N) is 3. The number of hydrogen-bond acceptors (Lipinski definition) is 5. The minimum Gasteiger partial charge on any atom is -0.294 e. The number of likely N-dealkylation sites (tertiary alicyclic amines) is 1. The molecule has 3 heterocycles. The molecule has 0 spiro atoms. The van der Waals surface area contributed by atoms with Gasteiger partial charge in [-0.25, -0.2) is 4.98 Å². The second-order valence-corrected chi connectivity index (χ2v) is 7.12. The Hall–Kier alpha value is -0.910. The lowest BCUT2D eigenvalue weighted by Crippen LogP contribution is -2.30. The van der Waals surface area contributed by atoms with Crippen LogP contribution in [0.5, 0.6) is 0 Å². The highest BCUT2D eigenvalue weighted by atomic mass is 32.2. The zero-order chi connectivity index (χ0) is 13.8. The van der Waals surface area contributed by atoms with Crippen LogP contribution in [0.2, 0.25) is 0 Å². The van der Waals surface area contributed by atoms with Crippen LogP contribution < -0.4 is 0 Å². The Morgan fingerprint density at radius 2 is 2.40 bits per heavy atom. The molecule has 2 aromatic rings. The zero-order valence-electron chi connectivity index (χ0n) is 11.7. The first-order valence-electron chi connectivity index (χ1n) is 6.95. The third-order valence-electron chi connectivity index (χ3n) is 3.68. The highest BCUT2D eigenvalue weighted by Gasteiger charge is 2.24. The molecule has 20 heavy (non-hydrogen) atoms. The van der Waals surface area contributed by atoms with E-state index in [9.17, 15) is 0 Å². The fourth-order valence-corrected chi connectivity index (χ4v) is 4.38. The molecule has 1 aliphatic rings. The van der Waals surface area contributed by atoms with Crippen LogP contribution in [-0.4, -0.2) is 39.5 Å². The Labute approximate surface area is 128 Å². The third-order valence-corrected chi connectivity index (χ3v) is 5.43. The lowest BCUT2D eigenvalue weighted by atomic mass is 10.2. The lowest BCUT2D eigenvalue weighted by Gasteiger charge is -2.22. The molecule has 0 radical (unpaired) electrons. The van der Waals surface area contributed by atoms with E-state index < -0.39 is 0 Å².